The highest BCUT2D eigenvalue weighted by molar-refractivity contribution is 14.1. The number of nitrogen functional groups attached to an aromatic ring is 1. The molecule has 0 aliphatic heterocycles. The number of aromatic nitrogens is 4. The average Bonchev–Trinajstić information content (AvgIpc) is 2.93. The van der Waals surface area contributed by atoms with E-state index in [0.29, 0.717) is 0 Å². The van der Waals surface area contributed by atoms with Crippen molar-refractivity contribution in [3.63, 3.8) is 0 Å². The molecule has 3 heterocycles. The molecule has 0 amide bonds. The predicted octanol–water partition coefficient (Wildman–Crippen LogP) is 2.63. The molecule has 0 aliphatic rings. The van der Waals surface area contributed by atoms with Gasteiger partial charge in [0.15, 0.2) is 5.82 Å². The Morgan fingerprint density at radius 1 is 1.44 bits per heavy atom. The minimum absolute atomic E-state index is 0.285. The molecule has 3 aromatic rings. The molecule has 0 radical (unpaired) electrons. The quantitative estimate of drug-likeness (QED) is 0.704. The fraction of sp³-hybridized carbons (Fsp3) is 0.182. The molecule has 0 bridgehead atoms. The third-order valence-electron chi connectivity index (χ3n) is 2.56. The van der Waals surface area contributed by atoms with Crippen LogP contribution in [0.2, 0.25) is 0 Å². The lowest BCUT2D eigenvalue weighted by Gasteiger charge is -2.02. The first-order chi connectivity index (χ1) is 8.67. The van der Waals surface area contributed by atoms with Crippen molar-refractivity contribution >= 4 is 50.1 Å². The summed E-state index contributed by atoms with van der Waals surface area (Å²) in [5.41, 5.74) is 5.76. The van der Waals surface area contributed by atoms with Gasteiger partial charge in [0.05, 0.1) is 15.2 Å². The van der Waals surface area contributed by atoms with Crippen LogP contribution in [0.15, 0.2) is 18.5 Å². The van der Waals surface area contributed by atoms with Crippen molar-refractivity contribution in [2.24, 2.45) is 0 Å². The zero-order valence-electron chi connectivity index (χ0n) is 9.59. The maximum Gasteiger partial charge on any atom is 0.223 e. The van der Waals surface area contributed by atoms with Crippen molar-refractivity contribution < 1.29 is 0 Å². The number of aryl methyl sites for hydroxylation is 1. The second kappa shape index (κ2) is 4.47. The van der Waals surface area contributed by atoms with Gasteiger partial charge in [-0.3, -0.25) is 0 Å². The number of anilines is 1. The highest BCUT2D eigenvalue weighted by Crippen LogP contribution is 2.28. The van der Waals surface area contributed by atoms with E-state index in [1.165, 1.54) is 4.88 Å². The van der Waals surface area contributed by atoms with Gasteiger partial charge in [-0.15, -0.1) is 11.3 Å². The van der Waals surface area contributed by atoms with E-state index in [-0.39, 0.29) is 5.95 Å². The Bertz CT molecular complexity index is 717. The summed E-state index contributed by atoms with van der Waals surface area (Å²) in [6.07, 6.45) is 4.69. The van der Waals surface area contributed by atoms with Gasteiger partial charge in [0.2, 0.25) is 5.95 Å². The molecule has 92 valence electrons. The summed E-state index contributed by atoms with van der Waals surface area (Å²) in [6, 6.07) is 2.11. The van der Waals surface area contributed by atoms with E-state index in [1.807, 2.05) is 6.20 Å². The van der Waals surface area contributed by atoms with Crippen LogP contribution in [0.4, 0.5) is 5.95 Å². The van der Waals surface area contributed by atoms with Crippen LogP contribution in [0.25, 0.3) is 16.0 Å². The van der Waals surface area contributed by atoms with Crippen LogP contribution in [-0.4, -0.2) is 19.7 Å². The van der Waals surface area contributed by atoms with Crippen molar-refractivity contribution in [1.82, 2.24) is 19.7 Å². The number of thiophene rings is 1. The normalized spacial score (nSPS) is 11.2. The zero-order valence-corrected chi connectivity index (χ0v) is 12.6. The minimum atomic E-state index is 0.285. The molecule has 0 aromatic carbocycles. The number of nitrogens with zero attached hydrogens (tertiary/aromatic N) is 4. The zero-order chi connectivity index (χ0) is 12.7. The van der Waals surface area contributed by atoms with Gasteiger partial charge in [0, 0.05) is 11.1 Å². The van der Waals surface area contributed by atoms with Gasteiger partial charge >= 0.3 is 0 Å². The smallest absolute Gasteiger partial charge is 0.223 e. The lowest BCUT2D eigenvalue weighted by Crippen LogP contribution is -2.03. The van der Waals surface area contributed by atoms with Crippen LogP contribution in [0, 0.1) is 3.57 Å². The molecule has 0 unspecified atom stereocenters. The Kier molecular flexibility index (Phi) is 2.94. The van der Waals surface area contributed by atoms with E-state index in [0.717, 1.165) is 26.0 Å². The van der Waals surface area contributed by atoms with E-state index < -0.39 is 0 Å². The van der Waals surface area contributed by atoms with E-state index in [9.17, 15) is 0 Å². The van der Waals surface area contributed by atoms with Gasteiger partial charge in [0.1, 0.15) is 4.83 Å². The first-order valence-corrected chi connectivity index (χ1v) is 7.33. The first-order valence-electron chi connectivity index (χ1n) is 5.44. The summed E-state index contributed by atoms with van der Waals surface area (Å²) >= 11 is 3.87. The highest BCUT2D eigenvalue weighted by Gasteiger charge is 2.12. The molecule has 0 fully saturated rings. The fourth-order valence-corrected chi connectivity index (χ4v) is 3.10. The first kappa shape index (κ1) is 11.8. The summed E-state index contributed by atoms with van der Waals surface area (Å²) in [5.74, 6) is 1.03. The van der Waals surface area contributed by atoms with Gasteiger partial charge in [-0.1, -0.05) is 6.92 Å². The maximum absolute atomic E-state index is 5.76. The van der Waals surface area contributed by atoms with Gasteiger partial charge in [-0.25, -0.2) is 9.67 Å². The monoisotopic (exact) mass is 371 g/mol. The van der Waals surface area contributed by atoms with Crippen molar-refractivity contribution in [1.29, 1.82) is 0 Å². The molecule has 2 N–H and O–H groups in total. The highest BCUT2D eigenvalue weighted by atomic mass is 127. The Morgan fingerprint density at radius 3 is 2.94 bits per heavy atom. The molecular weight excluding hydrogens is 361 g/mol. The molecule has 3 aromatic heterocycles. The van der Waals surface area contributed by atoms with Crippen molar-refractivity contribution in [2.45, 2.75) is 13.3 Å². The van der Waals surface area contributed by atoms with Crippen LogP contribution in [0.5, 0.6) is 0 Å². The summed E-state index contributed by atoms with van der Waals surface area (Å²) in [5, 5.41) is 5.29. The van der Waals surface area contributed by atoms with Crippen LogP contribution in [0.1, 0.15) is 11.8 Å². The molecule has 7 heteroatoms. The summed E-state index contributed by atoms with van der Waals surface area (Å²) in [6.45, 7) is 2.12. The second-order valence-corrected chi connectivity index (χ2v) is 6.15. The second-order valence-electron chi connectivity index (χ2n) is 3.79. The molecular formula is C11H10IN5S. The number of halogens is 1. The summed E-state index contributed by atoms with van der Waals surface area (Å²) in [4.78, 5) is 10.8. The van der Waals surface area contributed by atoms with Crippen LogP contribution < -0.4 is 5.73 Å². The van der Waals surface area contributed by atoms with Gasteiger partial charge in [-0.2, -0.15) is 10.1 Å². The fourth-order valence-electron chi connectivity index (χ4n) is 1.74. The number of nitrogens with two attached hydrogens (primary N) is 1. The molecule has 18 heavy (non-hydrogen) atoms. The van der Waals surface area contributed by atoms with Crippen molar-refractivity contribution in [2.75, 3.05) is 5.73 Å². The minimum Gasteiger partial charge on any atom is -0.368 e. The Morgan fingerprint density at radius 2 is 2.28 bits per heavy atom. The number of hydrogen-bond acceptors (Lipinski definition) is 5. The summed E-state index contributed by atoms with van der Waals surface area (Å²) in [7, 11) is 0. The molecule has 0 atom stereocenters. The SMILES string of the molecule is CCc1cc2c(-n3cc(I)cn3)nc(N)nc2s1. The molecule has 0 spiro atoms. The Hall–Kier alpha value is -1.22. The average molecular weight is 371 g/mol. The largest absolute Gasteiger partial charge is 0.368 e. The third kappa shape index (κ3) is 1.97. The topological polar surface area (TPSA) is 69.6 Å². The van der Waals surface area contributed by atoms with Gasteiger partial charge < -0.3 is 5.73 Å². The van der Waals surface area contributed by atoms with Crippen LogP contribution in [0.3, 0.4) is 0 Å². The predicted molar refractivity (Wildman–Crippen MR) is 81.0 cm³/mol. The standard InChI is InChI=1S/C11H10IN5S/c1-2-7-3-8-9(17-5-6(12)4-14-17)15-11(13)16-10(8)18-7/h3-5H,2H2,1H3,(H2,13,15,16). The van der Waals surface area contributed by atoms with E-state index in [4.69, 9.17) is 5.73 Å². The van der Waals surface area contributed by atoms with Gasteiger partial charge in [0.25, 0.3) is 0 Å². The Balaban J connectivity index is 2.29. The number of fused-ring (bicyclic) bond motifs is 1. The number of rotatable bonds is 2. The lowest BCUT2D eigenvalue weighted by molar-refractivity contribution is 0.854. The van der Waals surface area contributed by atoms with Crippen molar-refractivity contribution in [3.05, 3.63) is 26.9 Å². The van der Waals surface area contributed by atoms with Crippen LogP contribution >= 0.6 is 33.9 Å². The molecule has 0 saturated heterocycles. The lowest BCUT2D eigenvalue weighted by atomic mass is 10.3. The number of hydrogen-bond donors (Lipinski definition) is 1. The molecule has 0 saturated carbocycles. The third-order valence-corrected chi connectivity index (χ3v) is 4.29. The Labute approximate surface area is 121 Å². The molecule has 0 aliphatic carbocycles. The molecule has 3 rings (SSSR count). The van der Waals surface area contributed by atoms with Crippen molar-refractivity contribution in [3.8, 4) is 5.82 Å². The van der Waals surface area contributed by atoms with Gasteiger partial charge in [-0.05, 0) is 35.1 Å². The van der Waals surface area contributed by atoms with E-state index in [2.05, 4.69) is 50.6 Å². The van der Waals surface area contributed by atoms with E-state index >= 15 is 0 Å². The van der Waals surface area contributed by atoms with Crippen LogP contribution in [-0.2, 0) is 6.42 Å². The summed E-state index contributed by atoms with van der Waals surface area (Å²) < 4.78 is 2.80. The van der Waals surface area contributed by atoms with E-state index in [1.54, 1.807) is 22.2 Å². The molecule has 5 nitrogen and oxygen atoms in total. The maximum atomic E-state index is 5.76.